The van der Waals surface area contributed by atoms with Gasteiger partial charge in [0.2, 0.25) is 0 Å². The molecular formula is C25H30FN3O3. The van der Waals surface area contributed by atoms with Crippen molar-refractivity contribution in [3.63, 3.8) is 0 Å². The van der Waals surface area contributed by atoms with E-state index in [0.29, 0.717) is 19.0 Å². The van der Waals surface area contributed by atoms with E-state index in [2.05, 4.69) is 14.9 Å². The molecule has 6 nitrogen and oxygen atoms in total. The lowest BCUT2D eigenvalue weighted by Gasteiger charge is -2.34. The summed E-state index contributed by atoms with van der Waals surface area (Å²) in [6, 6.07) is 14.3. The molecule has 2 aliphatic heterocycles. The van der Waals surface area contributed by atoms with Gasteiger partial charge in [-0.3, -0.25) is 0 Å². The van der Waals surface area contributed by atoms with Crippen LogP contribution < -0.4 is 0 Å². The Morgan fingerprint density at radius 3 is 2.53 bits per heavy atom. The number of benzene rings is 2. The highest BCUT2D eigenvalue weighted by Gasteiger charge is 2.38. The predicted octanol–water partition coefficient (Wildman–Crippen LogP) is 4.13. The number of ether oxygens (including phenoxy) is 2. The Morgan fingerprint density at radius 2 is 1.81 bits per heavy atom. The highest BCUT2D eigenvalue weighted by atomic mass is 19.1. The van der Waals surface area contributed by atoms with Gasteiger partial charge in [0.15, 0.2) is 5.79 Å². The topological polar surface area (TPSA) is 70.6 Å². The number of rotatable bonds is 7. The van der Waals surface area contributed by atoms with E-state index in [1.165, 1.54) is 12.1 Å². The van der Waals surface area contributed by atoms with Crippen molar-refractivity contribution in [1.29, 1.82) is 0 Å². The molecule has 1 atom stereocenters. The Balaban J connectivity index is 1.13. The van der Waals surface area contributed by atoms with Crippen LogP contribution in [0.1, 0.15) is 43.2 Å². The Kier molecular flexibility index (Phi) is 6.24. The largest absolute Gasteiger partial charge is 0.385 e. The third-order valence-corrected chi connectivity index (χ3v) is 6.78. The maximum atomic E-state index is 13.3. The van der Waals surface area contributed by atoms with Gasteiger partial charge in [-0.15, -0.1) is 0 Å². The van der Waals surface area contributed by atoms with Crippen molar-refractivity contribution in [3.05, 3.63) is 65.7 Å². The zero-order valence-corrected chi connectivity index (χ0v) is 18.2. The molecule has 0 radical (unpaired) electrons. The van der Waals surface area contributed by atoms with Crippen molar-refractivity contribution < 1.29 is 19.0 Å². The van der Waals surface area contributed by atoms with E-state index in [1.807, 2.05) is 24.3 Å². The Bertz CT molecular complexity index is 991. The number of aliphatic hydroxyl groups is 1. The lowest BCUT2D eigenvalue weighted by molar-refractivity contribution is -0.172. The van der Waals surface area contributed by atoms with Gasteiger partial charge in [-0.2, -0.15) is 0 Å². The number of aromatic nitrogens is 2. The van der Waals surface area contributed by atoms with E-state index in [0.717, 1.165) is 61.9 Å². The zero-order chi connectivity index (χ0) is 22.0. The van der Waals surface area contributed by atoms with Crippen LogP contribution in [-0.4, -0.2) is 52.8 Å². The molecule has 3 aromatic rings. The van der Waals surface area contributed by atoms with Crippen LogP contribution >= 0.6 is 0 Å². The van der Waals surface area contributed by atoms with Crippen LogP contribution in [0.25, 0.3) is 11.0 Å². The molecule has 2 aromatic carbocycles. The molecule has 32 heavy (non-hydrogen) atoms. The minimum atomic E-state index is -0.760. The third-order valence-electron chi connectivity index (χ3n) is 6.78. The quantitative estimate of drug-likeness (QED) is 0.579. The Hall–Kier alpha value is -2.32. The normalized spacial score (nSPS) is 20.7. The van der Waals surface area contributed by atoms with E-state index in [1.54, 1.807) is 12.1 Å². The molecular weight excluding hydrogens is 409 g/mol. The van der Waals surface area contributed by atoms with Gasteiger partial charge in [-0.1, -0.05) is 24.3 Å². The summed E-state index contributed by atoms with van der Waals surface area (Å²) < 4.78 is 25.3. The molecule has 1 aromatic heterocycles. The molecule has 2 saturated heterocycles. The van der Waals surface area contributed by atoms with Gasteiger partial charge in [0.1, 0.15) is 17.7 Å². The Morgan fingerprint density at radius 1 is 1.09 bits per heavy atom. The molecule has 1 unspecified atom stereocenters. The average Bonchev–Trinajstić information content (AvgIpc) is 3.47. The molecule has 0 aliphatic carbocycles. The van der Waals surface area contributed by atoms with Crippen LogP contribution in [0.3, 0.4) is 0 Å². The van der Waals surface area contributed by atoms with Gasteiger partial charge in [0, 0.05) is 12.0 Å². The van der Waals surface area contributed by atoms with Crippen LogP contribution in [0.2, 0.25) is 0 Å². The molecule has 0 bridgehead atoms. The number of nitrogens with one attached hydrogen (secondary N) is 1. The minimum absolute atomic E-state index is 0.207. The predicted molar refractivity (Wildman–Crippen MR) is 119 cm³/mol. The summed E-state index contributed by atoms with van der Waals surface area (Å²) in [7, 11) is 0. The van der Waals surface area contributed by atoms with Gasteiger partial charge in [-0.05, 0) is 69.1 Å². The molecule has 2 fully saturated rings. The van der Waals surface area contributed by atoms with Gasteiger partial charge < -0.3 is 24.5 Å². The summed E-state index contributed by atoms with van der Waals surface area (Å²) in [4.78, 5) is 10.3. The third kappa shape index (κ3) is 4.43. The van der Waals surface area contributed by atoms with Crippen molar-refractivity contribution in [2.24, 2.45) is 5.92 Å². The number of H-pyrrole nitrogens is 1. The maximum Gasteiger partial charge on any atom is 0.195 e. The first-order chi connectivity index (χ1) is 15.6. The number of imidazole rings is 1. The number of halogens is 1. The lowest BCUT2D eigenvalue weighted by atomic mass is 9.90. The summed E-state index contributed by atoms with van der Waals surface area (Å²) in [5, 5.41) is 10.9. The smallest absolute Gasteiger partial charge is 0.195 e. The van der Waals surface area contributed by atoms with E-state index in [9.17, 15) is 9.50 Å². The fourth-order valence-corrected chi connectivity index (χ4v) is 4.98. The molecule has 7 heteroatoms. The van der Waals surface area contributed by atoms with E-state index < -0.39 is 11.9 Å². The second-order valence-corrected chi connectivity index (χ2v) is 8.82. The number of para-hydroxylation sites is 2. The second-order valence-electron chi connectivity index (χ2n) is 8.82. The number of fused-ring (bicyclic) bond motifs is 1. The number of nitrogens with zero attached hydrogens (tertiary/aromatic N) is 2. The maximum absolute atomic E-state index is 13.3. The first-order valence-corrected chi connectivity index (χ1v) is 11.5. The SMILES string of the molecule is OC(c1nc2ccccc2[nH]1)C1CCN(CCCC2(c3ccc(F)cc3)OCCO2)CC1. The molecule has 0 spiro atoms. The highest BCUT2D eigenvalue weighted by molar-refractivity contribution is 5.74. The number of piperidine rings is 1. The number of hydrogen-bond donors (Lipinski definition) is 2. The summed E-state index contributed by atoms with van der Waals surface area (Å²) in [5.74, 6) is -0.140. The van der Waals surface area contributed by atoms with Crippen LogP contribution in [0.4, 0.5) is 4.39 Å². The Labute approximate surface area is 187 Å². The van der Waals surface area contributed by atoms with Gasteiger partial charge >= 0.3 is 0 Å². The second kappa shape index (κ2) is 9.27. The molecule has 170 valence electrons. The molecule has 2 aliphatic rings. The highest BCUT2D eigenvalue weighted by Crippen LogP contribution is 2.36. The summed E-state index contributed by atoms with van der Waals surface area (Å²) in [5.41, 5.74) is 2.74. The summed E-state index contributed by atoms with van der Waals surface area (Å²) >= 11 is 0. The number of aliphatic hydroxyl groups excluding tert-OH is 1. The van der Waals surface area contributed by atoms with E-state index in [4.69, 9.17) is 9.47 Å². The summed E-state index contributed by atoms with van der Waals surface area (Å²) in [6.45, 7) is 3.97. The van der Waals surface area contributed by atoms with Gasteiger partial charge in [0.25, 0.3) is 0 Å². The molecule has 2 N–H and O–H groups in total. The van der Waals surface area contributed by atoms with Crippen molar-refractivity contribution in [3.8, 4) is 0 Å². The molecule has 0 amide bonds. The van der Waals surface area contributed by atoms with E-state index in [-0.39, 0.29) is 11.7 Å². The lowest BCUT2D eigenvalue weighted by Crippen LogP contribution is -2.37. The van der Waals surface area contributed by atoms with Gasteiger partial charge in [0.05, 0.1) is 24.2 Å². The van der Waals surface area contributed by atoms with Crippen molar-refractivity contribution in [1.82, 2.24) is 14.9 Å². The van der Waals surface area contributed by atoms with Crippen molar-refractivity contribution in [2.45, 2.75) is 37.6 Å². The van der Waals surface area contributed by atoms with Crippen LogP contribution in [0, 0.1) is 11.7 Å². The number of hydrogen-bond acceptors (Lipinski definition) is 5. The standard InChI is InChI=1S/C25H30FN3O3/c26-20-8-6-19(7-9-20)25(31-16-17-32-25)12-3-13-29-14-10-18(11-15-29)23(30)24-27-21-4-1-2-5-22(21)28-24/h1-2,4-9,18,23,30H,3,10-17H2,(H,27,28). The molecule has 5 rings (SSSR count). The van der Waals surface area contributed by atoms with E-state index >= 15 is 0 Å². The van der Waals surface area contributed by atoms with Crippen molar-refractivity contribution in [2.75, 3.05) is 32.8 Å². The van der Waals surface area contributed by atoms with Crippen LogP contribution in [0.5, 0.6) is 0 Å². The molecule has 0 saturated carbocycles. The average molecular weight is 440 g/mol. The van der Waals surface area contributed by atoms with Crippen LogP contribution in [0.15, 0.2) is 48.5 Å². The van der Waals surface area contributed by atoms with Crippen molar-refractivity contribution >= 4 is 11.0 Å². The minimum Gasteiger partial charge on any atom is -0.385 e. The van der Waals surface area contributed by atoms with Crippen LogP contribution in [-0.2, 0) is 15.3 Å². The number of likely N-dealkylation sites (tertiary alicyclic amines) is 1. The number of aromatic amines is 1. The zero-order valence-electron chi connectivity index (χ0n) is 18.2. The summed E-state index contributed by atoms with van der Waals surface area (Å²) in [6.07, 6.45) is 2.98. The first kappa shape index (κ1) is 21.5. The fraction of sp³-hybridized carbons (Fsp3) is 0.480. The fourth-order valence-electron chi connectivity index (χ4n) is 4.98. The monoisotopic (exact) mass is 439 g/mol. The van der Waals surface area contributed by atoms with Gasteiger partial charge in [-0.25, -0.2) is 9.37 Å². The first-order valence-electron chi connectivity index (χ1n) is 11.5. The molecule has 3 heterocycles.